The SMILES string of the molecule is COc1ccc(-n2ccc(C(=O)NCc3cccc(NC(=O)c4ccco4)c3)n2)cc1. The lowest BCUT2D eigenvalue weighted by atomic mass is 10.2. The van der Waals surface area contributed by atoms with E-state index in [1.807, 2.05) is 30.3 Å². The van der Waals surface area contributed by atoms with Crippen LogP contribution >= 0.6 is 0 Å². The maximum atomic E-state index is 12.5. The summed E-state index contributed by atoms with van der Waals surface area (Å²) in [6.07, 6.45) is 3.17. The van der Waals surface area contributed by atoms with Crippen LogP contribution in [0.3, 0.4) is 0 Å². The molecule has 0 atom stereocenters. The van der Waals surface area contributed by atoms with Gasteiger partial charge in [-0.15, -0.1) is 0 Å². The first-order valence-corrected chi connectivity index (χ1v) is 9.54. The Balaban J connectivity index is 1.36. The number of hydrogen-bond donors (Lipinski definition) is 2. The number of ether oxygens (including phenoxy) is 1. The summed E-state index contributed by atoms with van der Waals surface area (Å²) in [6.45, 7) is 0.290. The van der Waals surface area contributed by atoms with Gasteiger partial charge in [-0.05, 0) is 60.2 Å². The number of methoxy groups -OCH3 is 1. The number of benzene rings is 2. The molecule has 31 heavy (non-hydrogen) atoms. The van der Waals surface area contributed by atoms with Crippen molar-refractivity contribution in [3.63, 3.8) is 0 Å². The van der Waals surface area contributed by atoms with E-state index in [1.165, 1.54) is 6.26 Å². The molecule has 0 aliphatic rings. The Morgan fingerprint density at radius 3 is 2.61 bits per heavy atom. The van der Waals surface area contributed by atoms with E-state index in [9.17, 15) is 9.59 Å². The molecule has 4 aromatic rings. The first-order chi connectivity index (χ1) is 15.1. The average molecular weight is 416 g/mol. The Bertz CT molecular complexity index is 1180. The van der Waals surface area contributed by atoms with Gasteiger partial charge in [0.15, 0.2) is 11.5 Å². The second kappa shape index (κ2) is 9.00. The number of carbonyl (C=O) groups excluding carboxylic acids is 2. The highest BCUT2D eigenvalue weighted by atomic mass is 16.5. The van der Waals surface area contributed by atoms with Crippen LogP contribution in [0.5, 0.6) is 5.75 Å². The van der Waals surface area contributed by atoms with E-state index in [2.05, 4.69) is 15.7 Å². The molecule has 8 nitrogen and oxygen atoms in total. The van der Waals surface area contributed by atoms with Gasteiger partial charge in [0.25, 0.3) is 11.8 Å². The number of carbonyl (C=O) groups is 2. The molecule has 2 aromatic carbocycles. The lowest BCUT2D eigenvalue weighted by molar-refractivity contribution is 0.0944. The van der Waals surface area contributed by atoms with Crippen LogP contribution in [-0.4, -0.2) is 28.7 Å². The number of amides is 2. The summed E-state index contributed by atoms with van der Waals surface area (Å²) in [5.41, 5.74) is 2.56. The minimum atomic E-state index is -0.338. The van der Waals surface area contributed by atoms with Crippen LogP contribution < -0.4 is 15.4 Å². The van der Waals surface area contributed by atoms with Crippen LogP contribution in [0.1, 0.15) is 26.6 Å². The molecule has 2 amide bonds. The first kappa shape index (κ1) is 20.0. The fourth-order valence-corrected chi connectivity index (χ4v) is 2.96. The molecule has 0 aliphatic heterocycles. The summed E-state index contributed by atoms with van der Waals surface area (Å²) in [6, 6.07) is 19.5. The molecule has 2 heterocycles. The van der Waals surface area contributed by atoms with Crippen molar-refractivity contribution >= 4 is 17.5 Å². The number of anilines is 1. The quantitative estimate of drug-likeness (QED) is 0.479. The Morgan fingerprint density at radius 2 is 1.87 bits per heavy atom. The predicted octanol–water partition coefficient (Wildman–Crippen LogP) is 3.66. The number of rotatable bonds is 7. The van der Waals surface area contributed by atoms with Crippen LogP contribution in [0.2, 0.25) is 0 Å². The molecule has 2 aromatic heterocycles. The molecule has 0 unspecified atom stereocenters. The van der Waals surface area contributed by atoms with Crippen molar-refractivity contribution in [3.8, 4) is 11.4 Å². The van der Waals surface area contributed by atoms with Gasteiger partial charge in [-0.1, -0.05) is 12.1 Å². The maximum Gasteiger partial charge on any atom is 0.291 e. The number of nitrogens with zero attached hydrogens (tertiary/aromatic N) is 2. The Morgan fingerprint density at radius 1 is 1.03 bits per heavy atom. The van der Waals surface area contributed by atoms with Crippen molar-refractivity contribution in [2.75, 3.05) is 12.4 Å². The van der Waals surface area contributed by atoms with E-state index in [0.717, 1.165) is 17.0 Å². The smallest absolute Gasteiger partial charge is 0.291 e. The topological polar surface area (TPSA) is 98.4 Å². The third-order valence-electron chi connectivity index (χ3n) is 4.54. The van der Waals surface area contributed by atoms with Gasteiger partial charge in [0, 0.05) is 18.4 Å². The summed E-state index contributed by atoms with van der Waals surface area (Å²) < 4.78 is 11.9. The second-order valence-electron chi connectivity index (χ2n) is 6.66. The van der Waals surface area contributed by atoms with Crippen molar-refractivity contribution in [2.45, 2.75) is 6.54 Å². The van der Waals surface area contributed by atoms with Gasteiger partial charge in [0.05, 0.1) is 19.1 Å². The van der Waals surface area contributed by atoms with Gasteiger partial charge < -0.3 is 19.8 Å². The monoisotopic (exact) mass is 416 g/mol. The summed E-state index contributed by atoms with van der Waals surface area (Å²) in [4.78, 5) is 24.6. The van der Waals surface area contributed by atoms with Crippen molar-refractivity contribution < 1.29 is 18.7 Å². The summed E-state index contributed by atoms with van der Waals surface area (Å²) in [5.74, 6) is 0.343. The van der Waals surface area contributed by atoms with E-state index in [0.29, 0.717) is 17.9 Å². The first-order valence-electron chi connectivity index (χ1n) is 9.54. The van der Waals surface area contributed by atoms with Gasteiger partial charge in [-0.25, -0.2) is 4.68 Å². The molecule has 0 saturated heterocycles. The van der Waals surface area contributed by atoms with Crippen molar-refractivity contribution in [3.05, 3.63) is 96.2 Å². The van der Waals surface area contributed by atoms with E-state index >= 15 is 0 Å². The second-order valence-corrected chi connectivity index (χ2v) is 6.66. The lowest BCUT2D eigenvalue weighted by Gasteiger charge is -2.07. The molecule has 156 valence electrons. The third-order valence-corrected chi connectivity index (χ3v) is 4.54. The molecule has 8 heteroatoms. The molecule has 0 saturated carbocycles. The normalized spacial score (nSPS) is 10.5. The van der Waals surface area contributed by atoms with Crippen LogP contribution in [-0.2, 0) is 6.54 Å². The summed E-state index contributed by atoms with van der Waals surface area (Å²) in [5, 5.41) is 9.93. The summed E-state index contributed by atoms with van der Waals surface area (Å²) >= 11 is 0. The minimum absolute atomic E-state index is 0.228. The number of nitrogens with one attached hydrogen (secondary N) is 2. The molecule has 0 fully saturated rings. The zero-order valence-electron chi connectivity index (χ0n) is 16.7. The fraction of sp³-hybridized carbons (Fsp3) is 0.0870. The van der Waals surface area contributed by atoms with Crippen LogP contribution in [0.15, 0.2) is 83.6 Å². The van der Waals surface area contributed by atoms with Gasteiger partial charge in [0.2, 0.25) is 0 Å². The molecule has 0 aliphatic carbocycles. The molecule has 0 radical (unpaired) electrons. The molecule has 4 rings (SSSR count). The van der Waals surface area contributed by atoms with Crippen molar-refractivity contribution in [2.24, 2.45) is 0 Å². The summed E-state index contributed by atoms with van der Waals surface area (Å²) in [7, 11) is 1.61. The zero-order chi connectivity index (χ0) is 21.6. The fourth-order valence-electron chi connectivity index (χ4n) is 2.96. The minimum Gasteiger partial charge on any atom is -0.497 e. The van der Waals surface area contributed by atoms with Gasteiger partial charge in [-0.2, -0.15) is 5.10 Å². The van der Waals surface area contributed by atoms with Crippen LogP contribution in [0.25, 0.3) is 5.69 Å². The van der Waals surface area contributed by atoms with E-state index in [4.69, 9.17) is 9.15 Å². The molecule has 0 bridgehead atoms. The van der Waals surface area contributed by atoms with E-state index in [-0.39, 0.29) is 17.6 Å². The zero-order valence-corrected chi connectivity index (χ0v) is 16.7. The van der Waals surface area contributed by atoms with E-state index in [1.54, 1.807) is 54.4 Å². The molecular weight excluding hydrogens is 396 g/mol. The highest BCUT2D eigenvalue weighted by Gasteiger charge is 2.11. The highest BCUT2D eigenvalue weighted by Crippen LogP contribution is 2.15. The van der Waals surface area contributed by atoms with E-state index < -0.39 is 0 Å². The molecule has 2 N–H and O–H groups in total. The largest absolute Gasteiger partial charge is 0.497 e. The highest BCUT2D eigenvalue weighted by molar-refractivity contribution is 6.02. The standard InChI is InChI=1S/C23H20N4O4/c1-30-19-9-7-18(8-10-19)27-12-11-20(26-27)22(28)24-15-16-4-2-5-17(14-16)25-23(29)21-6-3-13-31-21/h2-14H,15H2,1H3,(H,24,28)(H,25,29). The average Bonchev–Trinajstić information content (AvgIpc) is 3.50. The lowest BCUT2D eigenvalue weighted by Crippen LogP contribution is -2.23. The maximum absolute atomic E-state index is 12.5. The third kappa shape index (κ3) is 4.81. The van der Waals surface area contributed by atoms with Gasteiger partial charge in [0.1, 0.15) is 5.75 Å². The predicted molar refractivity (Wildman–Crippen MR) is 114 cm³/mol. The van der Waals surface area contributed by atoms with Crippen molar-refractivity contribution in [1.29, 1.82) is 0 Å². The Kier molecular flexibility index (Phi) is 5.79. The molecular formula is C23H20N4O4. The number of furan rings is 1. The molecule has 0 spiro atoms. The van der Waals surface area contributed by atoms with Gasteiger partial charge in [-0.3, -0.25) is 9.59 Å². The van der Waals surface area contributed by atoms with Crippen LogP contribution in [0, 0.1) is 0 Å². The van der Waals surface area contributed by atoms with Crippen LogP contribution in [0.4, 0.5) is 5.69 Å². The Hall–Kier alpha value is -4.33. The Labute approximate surface area is 178 Å². The number of aromatic nitrogens is 2. The van der Waals surface area contributed by atoms with Gasteiger partial charge >= 0.3 is 0 Å². The number of hydrogen-bond acceptors (Lipinski definition) is 5. The van der Waals surface area contributed by atoms with Crippen molar-refractivity contribution in [1.82, 2.24) is 15.1 Å².